The molecule has 0 spiro atoms. The Balaban J connectivity index is 1.74. The summed E-state index contributed by atoms with van der Waals surface area (Å²) in [6, 6.07) is 7.88. The lowest BCUT2D eigenvalue weighted by molar-refractivity contribution is 0.219. The van der Waals surface area contributed by atoms with Crippen LogP contribution in [0.3, 0.4) is 0 Å². The molecule has 3 N–H and O–H groups in total. The van der Waals surface area contributed by atoms with Crippen LogP contribution in [0.15, 0.2) is 24.4 Å². The van der Waals surface area contributed by atoms with Crippen LogP contribution in [0, 0.1) is 25.2 Å². The third-order valence-corrected chi connectivity index (χ3v) is 6.10. The predicted molar refractivity (Wildman–Crippen MR) is 110 cm³/mol. The number of benzene rings is 1. The van der Waals surface area contributed by atoms with Crippen molar-refractivity contribution in [2.75, 3.05) is 23.8 Å². The van der Waals surface area contributed by atoms with E-state index in [0.29, 0.717) is 23.8 Å². The first-order chi connectivity index (χ1) is 13.4. The Morgan fingerprint density at radius 1 is 1.36 bits per heavy atom. The average molecular weight is 392 g/mol. The smallest absolute Gasteiger partial charge is 0.229 e. The number of anilines is 3. The lowest BCUT2D eigenvalue weighted by atomic mass is 9.83. The zero-order chi connectivity index (χ0) is 19.9. The van der Waals surface area contributed by atoms with E-state index < -0.39 is 5.41 Å². The molecular formula is C20H20N6OS. The number of hydrogen-bond donors (Lipinski definition) is 3. The van der Waals surface area contributed by atoms with E-state index in [1.165, 1.54) is 0 Å². The molecule has 0 saturated heterocycles. The maximum atomic E-state index is 9.87. The second-order valence-corrected chi connectivity index (χ2v) is 8.38. The minimum atomic E-state index is -0.430. The van der Waals surface area contributed by atoms with Crippen molar-refractivity contribution >= 4 is 28.1 Å². The van der Waals surface area contributed by atoms with Gasteiger partial charge in [0, 0.05) is 28.6 Å². The number of fused-ring (bicyclic) bond motifs is 1. The van der Waals surface area contributed by atoms with E-state index in [4.69, 9.17) is 0 Å². The standard InChI is InChI=1S/C20H20N6OS/c1-11-12(2)28-19(24-11)26-18-22-5-4-16(25-18)13-6-14(8-21)17-15(7-13)20(3,10-27)9-23-17/h4-7,23,27H,9-10H2,1-3H3,(H,22,24,25,26)/t20-/m1/s1. The summed E-state index contributed by atoms with van der Waals surface area (Å²) in [5, 5.41) is 26.6. The number of nitrogens with one attached hydrogen (secondary N) is 2. The van der Waals surface area contributed by atoms with E-state index in [1.54, 1.807) is 17.5 Å². The van der Waals surface area contributed by atoms with Gasteiger partial charge in [-0.05, 0) is 37.6 Å². The fourth-order valence-electron chi connectivity index (χ4n) is 3.27. The summed E-state index contributed by atoms with van der Waals surface area (Å²) >= 11 is 1.55. The second-order valence-electron chi connectivity index (χ2n) is 7.18. The molecule has 0 fully saturated rings. The second kappa shape index (κ2) is 6.86. The zero-order valence-corrected chi connectivity index (χ0v) is 16.7. The first-order valence-electron chi connectivity index (χ1n) is 8.91. The van der Waals surface area contributed by atoms with Crippen LogP contribution < -0.4 is 10.6 Å². The highest BCUT2D eigenvalue weighted by atomic mass is 32.1. The number of nitriles is 1. The molecule has 4 rings (SSSR count). The number of aryl methyl sites for hydroxylation is 2. The first kappa shape index (κ1) is 18.3. The molecule has 1 aromatic carbocycles. The molecule has 3 heterocycles. The monoisotopic (exact) mass is 392 g/mol. The summed E-state index contributed by atoms with van der Waals surface area (Å²) in [6.07, 6.45) is 1.68. The van der Waals surface area contributed by atoms with E-state index in [0.717, 1.165) is 32.5 Å². The fraction of sp³-hybridized carbons (Fsp3) is 0.300. The molecule has 0 aliphatic carbocycles. The molecule has 2 aromatic heterocycles. The van der Waals surface area contributed by atoms with Gasteiger partial charge in [-0.25, -0.2) is 15.0 Å². The van der Waals surface area contributed by atoms with Gasteiger partial charge < -0.3 is 15.7 Å². The van der Waals surface area contributed by atoms with Crippen molar-refractivity contribution in [3.8, 4) is 17.3 Å². The largest absolute Gasteiger partial charge is 0.395 e. The van der Waals surface area contributed by atoms with E-state index in [9.17, 15) is 10.4 Å². The summed E-state index contributed by atoms with van der Waals surface area (Å²) in [5.74, 6) is 0.452. The Hall–Kier alpha value is -3.02. The summed E-state index contributed by atoms with van der Waals surface area (Å²) in [7, 11) is 0. The van der Waals surface area contributed by atoms with Crippen molar-refractivity contribution in [2.45, 2.75) is 26.2 Å². The number of nitrogens with zero attached hydrogens (tertiary/aromatic N) is 4. The molecule has 142 valence electrons. The van der Waals surface area contributed by atoms with Crippen molar-refractivity contribution in [3.05, 3.63) is 46.1 Å². The lowest BCUT2D eigenvalue weighted by Gasteiger charge is -2.21. The zero-order valence-electron chi connectivity index (χ0n) is 15.9. The van der Waals surface area contributed by atoms with Gasteiger partial charge in [-0.1, -0.05) is 6.92 Å². The van der Waals surface area contributed by atoms with Gasteiger partial charge in [0.1, 0.15) is 6.07 Å². The minimum absolute atomic E-state index is 0.000646. The van der Waals surface area contributed by atoms with E-state index in [-0.39, 0.29) is 6.61 Å². The Kier molecular flexibility index (Phi) is 4.49. The van der Waals surface area contributed by atoms with Gasteiger partial charge in [0.2, 0.25) is 5.95 Å². The summed E-state index contributed by atoms with van der Waals surface area (Å²) in [4.78, 5) is 14.5. The number of hydrogen-bond acceptors (Lipinski definition) is 8. The highest BCUT2D eigenvalue weighted by molar-refractivity contribution is 7.15. The average Bonchev–Trinajstić information content (AvgIpc) is 3.20. The summed E-state index contributed by atoms with van der Waals surface area (Å²) < 4.78 is 0. The molecule has 0 radical (unpaired) electrons. The fourth-order valence-corrected chi connectivity index (χ4v) is 4.07. The minimum Gasteiger partial charge on any atom is -0.395 e. The topological polar surface area (TPSA) is 107 Å². The molecule has 1 aliphatic rings. The van der Waals surface area contributed by atoms with Crippen LogP contribution >= 0.6 is 11.3 Å². The van der Waals surface area contributed by atoms with Gasteiger partial charge in [-0.3, -0.25) is 0 Å². The molecule has 0 saturated carbocycles. The summed E-state index contributed by atoms with van der Waals surface area (Å²) in [5.41, 5.74) is 4.35. The van der Waals surface area contributed by atoms with Crippen LogP contribution in [-0.4, -0.2) is 33.2 Å². The third kappa shape index (κ3) is 3.09. The maximum Gasteiger partial charge on any atom is 0.229 e. The quantitative estimate of drug-likeness (QED) is 0.624. The molecule has 8 heteroatoms. The number of thiazole rings is 1. The third-order valence-electron chi connectivity index (χ3n) is 5.11. The molecule has 3 aromatic rings. The van der Waals surface area contributed by atoms with Crippen LogP contribution in [0.2, 0.25) is 0 Å². The van der Waals surface area contributed by atoms with E-state index >= 15 is 0 Å². The van der Waals surface area contributed by atoms with Gasteiger partial charge in [0.15, 0.2) is 5.13 Å². The van der Waals surface area contributed by atoms with Crippen molar-refractivity contribution in [3.63, 3.8) is 0 Å². The molecule has 1 atom stereocenters. The van der Waals surface area contributed by atoms with Gasteiger partial charge in [-0.2, -0.15) is 5.26 Å². The van der Waals surface area contributed by atoms with Gasteiger partial charge in [0.05, 0.1) is 29.2 Å². The predicted octanol–water partition coefficient (Wildman–Crippen LogP) is 3.51. The molecule has 0 unspecified atom stereocenters. The molecule has 0 amide bonds. The Bertz CT molecular complexity index is 1080. The van der Waals surface area contributed by atoms with Crippen LogP contribution in [0.25, 0.3) is 11.3 Å². The normalized spacial score (nSPS) is 17.7. The van der Waals surface area contributed by atoms with Gasteiger partial charge in [-0.15, -0.1) is 11.3 Å². The van der Waals surface area contributed by atoms with Crippen molar-refractivity contribution < 1.29 is 5.11 Å². The molecule has 28 heavy (non-hydrogen) atoms. The Morgan fingerprint density at radius 3 is 2.86 bits per heavy atom. The SMILES string of the molecule is Cc1nc(Nc2nccc(-c3cc(C#N)c4c(c3)[C@@](C)(CO)CN4)n2)sc1C. The Labute approximate surface area is 167 Å². The van der Waals surface area contributed by atoms with Crippen LogP contribution in [-0.2, 0) is 5.41 Å². The Morgan fingerprint density at radius 2 is 2.18 bits per heavy atom. The maximum absolute atomic E-state index is 9.87. The van der Waals surface area contributed by atoms with E-state index in [1.807, 2.05) is 39.0 Å². The lowest BCUT2D eigenvalue weighted by Crippen LogP contribution is -2.28. The van der Waals surface area contributed by atoms with Gasteiger partial charge in [0.25, 0.3) is 0 Å². The number of aliphatic hydroxyl groups is 1. The van der Waals surface area contributed by atoms with Crippen molar-refractivity contribution in [1.82, 2.24) is 15.0 Å². The number of rotatable bonds is 4. The molecular weight excluding hydrogens is 372 g/mol. The van der Waals surface area contributed by atoms with Crippen LogP contribution in [0.4, 0.5) is 16.8 Å². The number of aliphatic hydroxyl groups excluding tert-OH is 1. The molecule has 0 bridgehead atoms. The first-order valence-corrected chi connectivity index (χ1v) is 9.73. The van der Waals surface area contributed by atoms with Crippen molar-refractivity contribution in [2.24, 2.45) is 0 Å². The highest BCUT2D eigenvalue weighted by Gasteiger charge is 2.35. The summed E-state index contributed by atoms with van der Waals surface area (Å²) in [6.45, 7) is 6.57. The molecule has 1 aliphatic heterocycles. The number of aromatic nitrogens is 3. The highest BCUT2D eigenvalue weighted by Crippen LogP contribution is 2.41. The van der Waals surface area contributed by atoms with Crippen LogP contribution in [0.5, 0.6) is 0 Å². The van der Waals surface area contributed by atoms with Crippen LogP contribution in [0.1, 0.15) is 28.6 Å². The molecule has 7 nitrogen and oxygen atoms in total. The van der Waals surface area contributed by atoms with Crippen molar-refractivity contribution in [1.29, 1.82) is 5.26 Å². The van der Waals surface area contributed by atoms with E-state index in [2.05, 4.69) is 31.7 Å². The van der Waals surface area contributed by atoms with Gasteiger partial charge >= 0.3 is 0 Å².